The topological polar surface area (TPSA) is 111 Å². The number of ether oxygens (including phenoxy) is 2. The number of carbonyl (C=O) groups excluding carboxylic acids is 3. The second kappa shape index (κ2) is 14.2. The fraction of sp³-hybridized carbons (Fsp3) is 0.387. The number of rotatable bonds is 9. The molecule has 1 aromatic carbocycles. The minimum Gasteiger partial charge on any atom is -0.444 e. The molecule has 0 spiro atoms. The van der Waals surface area contributed by atoms with E-state index < -0.39 is 53.1 Å². The summed E-state index contributed by atoms with van der Waals surface area (Å²) in [5.74, 6) is -3.37. The molecule has 3 atom stereocenters. The monoisotopic (exact) mass is 632 g/mol. The lowest BCUT2D eigenvalue weighted by molar-refractivity contribution is -0.123. The number of pyridine rings is 2. The number of hydrogen-bond donors (Lipinski definition) is 1. The zero-order chi connectivity index (χ0) is 32.0. The maximum absolute atomic E-state index is 15.0. The third-order valence-electron chi connectivity index (χ3n) is 6.95. The third kappa shape index (κ3) is 8.54. The molecule has 1 aliphatic rings. The highest BCUT2D eigenvalue weighted by molar-refractivity contribution is 6.30. The van der Waals surface area contributed by atoms with Crippen LogP contribution in [0.25, 0.3) is 0 Å². The van der Waals surface area contributed by atoms with Gasteiger partial charge in [0, 0.05) is 24.1 Å². The largest absolute Gasteiger partial charge is 0.444 e. The van der Waals surface area contributed by atoms with Gasteiger partial charge in [0.05, 0.1) is 48.6 Å². The van der Waals surface area contributed by atoms with Crippen LogP contribution < -0.4 is 5.32 Å². The van der Waals surface area contributed by atoms with Gasteiger partial charge in [0.25, 0.3) is 0 Å². The molecule has 0 saturated carbocycles. The molecular weight excluding hydrogens is 601 g/mol. The summed E-state index contributed by atoms with van der Waals surface area (Å²) >= 11 is 5.83. The molecule has 3 heterocycles. The van der Waals surface area contributed by atoms with Crippen LogP contribution in [-0.2, 0) is 25.5 Å². The van der Waals surface area contributed by atoms with Crippen LogP contribution in [0, 0.1) is 17.5 Å². The average molecular weight is 633 g/mol. The molecule has 3 aromatic rings. The molecular formula is C31H32ClF3N4O5. The van der Waals surface area contributed by atoms with E-state index in [0.717, 1.165) is 12.4 Å². The van der Waals surface area contributed by atoms with Crippen LogP contribution in [0.2, 0.25) is 5.02 Å². The van der Waals surface area contributed by atoms with Gasteiger partial charge in [-0.25, -0.2) is 18.0 Å². The minimum atomic E-state index is -0.816. The van der Waals surface area contributed by atoms with Gasteiger partial charge in [-0.3, -0.25) is 19.7 Å². The van der Waals surface area contributed by atoms with Crippen LogP contribution in [-0.4, -0.2) is 64.1 Å². The van der Waals surface area contributed by atoms with Gasteiger partial charge in [0.15, 0.2) is 0 Å². The zero-order valence-electron chi connectivity index (χ0n) is 24.4. The van der Waals surface area contributed by atoms with E-state index in [9.17, 15) is 27.6 Å². The molecule has 0 unspecified atom stereocenters. The summed E-state index contributed by atoms with van der Waals surface area (Å²) in [7, 11) is 0. The third-order valence-corrected chi connectivity index (χ3v) is 7.25. The highest BCUT2D eigenvalue weighted by atomic mass is 35.5. The molecule has 1 fully saturated rings. The molecule has 9 nitrogen and oxygen atoms in total. The first kappa shape index (κ1) is 32.9. The molecule has 2 amide bonds. The molecule has 1 aliphatic heterocycles. The summed E-state index contributed by atoms with van der Waals surface area (Å²) in [6.07, 6.45) is 4.20. The maximum Gasteiger partial charge on any atom is 0.411 e. The fourth-order valence-electron chi connectivity index (χ4n) is 4.84. The highest BCUT2D eigenvalue weighted by Gasteiger charge is 2.35. The fourth-order valence-corrected chi connectivity index (χ4v) is 4.96. The highest BCUT2D eigenvalue weighted by Crippen LogP contribution is 2.31. The average Bonchev–Trinajstić information content (AvgIpc) is 2.96. The SMILES string of the molecule is CC(C)(C)OC(=O)N1C[C@@H](CCc2c(F)cncc2NC(=O)C[C@H](c2cncc(F)c2)c2ccc(Cl)c(F)c2)OC[C@H]1C=O. The lowest BCUT2D eigenvalue weighted by atomic mass is 9.89. The number of nitrogens with one attached hydrogen (secondary N) is 1. The Morgan fingerprint density at radius 2 is 1.86 bits per heavy atom. The van der Waals surface area contributed by atoms with Crippen molar-refractivity contribution in [3.05, 3.63) is 88.2 Å². The standard InChI is InChI=1S/C31H32ClF3N4O5/c1-31(2,3)44-30(42)39-15-22(43-17-21(39)16-40)5-6-23-27(35)13-37-14-28(23)38-29(41)10-24(19-8-20(33)12-36-11-19)18-4-7-25(32)26(34)9-18/h4,7-9,11-14,16,21-22,24H,5-6,10,15,17H2,1-3H3,(H,38,41)/t21-,22-,24+/m1/s1. The lowest BCUT2D eigenvalue weighted by Crippen LogP contribution is -2.54. The van der Waals surface area contributed by atoms with Gasteiger partial charge in [-0.2, -0.15) is 0 Å². The number of hydrogen-bond acceptors (Lipinski definition) is 7. The summed E-state index contributed by atoms with van der Waals surface area (Å²) in [5, 5.41) is 2.56. The first-order valence-electron chi connectivity index (χ1n) is 13.9. The Morgan fingerprint density at radius 1 is 1.11 bits per heavy atom. The maximum atomic E-state index is 15.0. The smallest absolute Gasteiger partial charge is 0.411 e. The molecule has 13 heteroatoms. The first-order chi connectivity index (χ1) is 20.8. The number of halogens is 4. The molecule has 0 radical (unpaired) electrons. The van der Waals surface area contributed by atoms with Crippen LogP contribution in [0.4, 0.5) is 23.7 Å². The van der Waals surface area contributed by atoms with Gasteiger partial charge < -0.3 is 19.6 Å². The first-order valence-corrected chi connectivity index (χ1v) is 14.3. The number of carbonyl (C=O) groups is 3. The normalized spacial score (nSPS) is 17.6. The summed E-state index contributed by atoms with van der Waals surface area (Å²) in [6.45, 7) is 5.15. The predicted octanol–water partition coefficient (Wildman–Crippen LogP) is 5.84. The van der Waals surface area contributed by atoms with E-state index in [-0.39, 0.29) is 48.7 Å². The van der Waals surface area contributed by atoms with Gasteiger partial charge >= 0.3 is 6.09 Å². The van der Waals surface area contributed by atoms with Crippen LogP contribution in [0.1, 0.15) is 56.2 Å². The Balaban J connectivity index is 1.49. The van der Waals surface area contributed by atoms with Crippen molar-refractivity contribution in [2.24, 2.45) is 0 Å². The molecule has 0 bridgehead atoms. The van der Waals surface area contributed by atoms with Gasteiger partial charge in [0.1, 0.15) is 35.4 Å². The number of amides is 2. The number of aromatic nitrogens is 2. The van der Waals surface area contributed by atoms with E-state index in [1.165, 1.54) is 41.6 Å². The summed E-state index contributed by atoms with van der Waals surface area (Å²) in [6, 6.07) is 4.42. The van der Waals surface area contributed by atoms with Gasteiger partial charge in [-0.05, 0) is 62.9 Å². The van der Waals surface area contributed by atoms with E-state index in [2.05, 4.69) is 15.3 Å². The Bertz CT molecular complexity index is 1520. The van der Waals surface area contributed by atoms with Gasteiger partial charge in [-0.1, -0.05) is 17.7 Å². The Kier molecular flexibility index (Phi) is 10.6. The Hall–Kier alpha value is -4.03. The van der Waals surface area contributed by atoms with Crippen molar-refractivity contribution >= 4 is 35.6 Å². The molecule has 44 heavy (non-hydrogen) atoms. The molecule has 1 saturated heterocycles. The second-order valence-corrected chi connectivity index (χ2v) is 11.8. The van der Waals surface area contributed by atoms with Crippen LogP contribution >= 0.6 is 11.6 Å². The van der Waals surface area contributed by atoms with Crippen LogP contribution in [0.3, 0.4) is 0 Å². The quantitative estimate of drug-likeness (QED) is 0.295. The number of nitrogens with zero attached hydrogens (tertiary/aromatic N) is 3. The van der Waals surface area contributed by atoms with Crippen LogP contribution in [0.5, 0.6) is 0 Å². The molecule has 4 rings (SSSR count). The van der Waals surface area contributed by atoms with E-state index in [1.807, 2.05) is 0 Å². The molecule has 2 aromatic heterocycles. The summed E-state index contributed by atoms with van der Waals surface area (Å²) < 4.78 is 54.5. The number of aldehydes is 1. The van der Waals surface area contributed by atoms with Gasteiger partial charge in [-0.15, -0.1) is 0 Å². The van der Waals surface area contributed by atoms with Crippen molar-refractivity contribution in [1.29, 1.82) is 0 Å². The summed E-state index contributed by atoms with van der Waals surface area (Å²) in [4.78, 5) is 46.5. The van der Waals surface area contributed by atoms with Crippen molar-refractivity contribution in [2.45, 2.75) is 63.7 Å². The zero-order valence-corrected chi connectivity index (χ0v) is 25.1. The van der Waals surface area contributed by atoms with E-state index in [0.29, 0.717) is 17.4 Å². The molecule has 234 valence electrons. The van der Waals surface area contributed by atoms with Crippen molar-refractivity contribution in [3.63, 3.8) is 0 Å². The predicted molar refractivity (Wildman–Crippen MR) is 156 cm³/mol. The van der Waals surface area contributed by atoms with Crippen LogP contribution in [0.15, 0.2) is 49.1 Å². The molecule has 0 aliphatic carbocycles. The van der Waals surface area contributed by atoms with Crippen molar-refractivity contribution in [3.8, 4) is 0 Å². The van der Waals surface area contributed by atoms with Gasteiger partial charge in [0.2, 0.25) is 5.91 Å². The number of anilines is 1. The van der Waals surface area contributed by atoms with Crippen molar-refractivity contribution < 1.29 is 37.0 Å². The van der Waals surface area contributed by atoms with Crippen molar-refractivity contribution in [1.82, 2.24) is 14.9 Å². The number of morpholine rings is 1. The number of benzene rings is 1. The van der Waals surface area contributed by atoms with E-state index in [1.54, 1.807) is 20.8 Å². The van der Waals surface area contributed by atoms with E-state index in [4.69, 9.17) is 21.1 Å². The lowest BCUT2D eigenvalue weighted by Gasteiger charge is -2.38. The Morgan fingerprint density at radius 3 is 2.55 bits per heavy atom. The van der Waals surface area contributed by atoms with Crippen molar-refractivity contribution in [2.75, 3.05) is 18.5 Å². The Labute approximate surface area is 257 Å². The second-order valence-electron chi connectivity index (χ2n) is 11.4. The summed E-state index contributed by atoms with van der Waals surface area (Å²) in [5.41, 5.74) is 0.192. The van der Waals surface area contributed by atoms with E-state index >= 15 is 0 Å². The molecule has 1 N–H and O–H groups in total. The minimum absolute atomic E-state index is 0.0442.